The van der Waals surface area contributed by atoms with Crippen LogP contribution in [0.4, 0.5) is 10.3 Å². The molecule has 0 bridgehead atoms. The summed E-state index contributed by atoms with van der Waals surface area (Å²) < 4.78 is 18.7. The summed E-state index contributed by atoms with van der Waals surface area (Å²) in [5.41, 5.74) is 7.35. The summed E-state index contributed by atoms with van der Waals surface area (Å²) in [6, 6.07) is 3.45. The third-order valence-corrected chi connectivity index (χ3v) is 2.94. The van der Waals surface area contributed by atoms with Crippen LogP contribution in [0.15, 0.2) is 27.3 Å². The van der Waals surface area contributed by atoms with Gasteiger partial charge in [-0.05, 0) is 28.4 Å². The Kier molecular flexibility index (Phi) is 2.48. The maximum atomic E-state index is 13.6. The minimum absolute atomic E-state index is 0.180. The van der Waals surface area contributed by atoms with Crippen LogP contribution in [0.25, 0.3) is 11.1 Å². The minimum atomic E-state index is -0.298. The van der Waals surface area contributed by atoms with Crippen molar-refractivity contribution in [2.45, 2.75) is 6.92 Å². The number of nitrogen functional groups attached to an aromatic ring is 1. The highest BCUT2D eigenvalue weighted by molar-refractivity contribution is 9.10. The number of nitrogens with two attached hydrogens (primary N) is 1. The second kappa shape index (κ2) is 3.66. The van der Waals surface area contributed by atoms with Crippen molar-refractivity contribution in [2.24, 2.45) is 0 Å². The SMILES string of the molecule is Cc1ccc(-c2cnoc2N)c(Br)c1F. The van der Waals surface area contributed by atoms with Crippen molar-refractivity contribution in [1.82, 2.24) is 5.16 Å². The standard InChI is InChI=1S/C10H8BrFN2O/c1-5-2-3-6(8(11)9(5)12)7-4-14-15-10(7)13/h2-4H,13H2,1H3. The van der Waals surface area contributed by atoms with Crippen LogP contribution in [-0.2, 0) is 0 Å². The Bertz CT molecular complexity index is 510. The average Bonchev–Trinajstić information content (AvgIpc) is 2.62. The number of hydrogen-bond donors (Lipinski definition) is 1. The molecule has 3 nitrogen and oxygen atoms in total. The van der Waals surface area contributed by atoms with Gasteiger partial charge in [0.15, 0.2) is 0 Å². The van der Waals surface area contributed by atoms with Gasteiger partial charge in [0, 0.05) is 5.56 Å². The molecule has 0 aliphatic heterocycles. The summed E-state index contributed by atoms with van der Waals surface area (Å²) in [6.45, 7) is 1.70. The zero-order valence-corrected chi connectivity index (χ0v) is 9.51. The van der Waals surface area contributed by atoms with E-state index in [1.165, 1.54) is 6.20 Å². The zero-order valence-electron chi connectivity index (χ0n) is 7.92. The first kappa shape index (κ1) is 10.2. The fraction of sp³-hybridized carbons (Fsp3) is 0.100. The lowest BCUT2D eigenvalue weighted by molar-refractivity contribution is 0.436. The van der Waals surface area contributed by atoms with Gasteiger partial charge in [0.25, 0.3) is 0 Å². The van der Waals surface area contributed by atoms with Crippen LogP contribution < -0.4 is 5.73 Å². The Morgan fingerprint density at radius 2 is 2.13 bits per heavy atom. The van der Waals surface area contributed by atoms with E-state index >= 15 is 0 Å². The Hall–Kier alpha value is -1.36. The molecular weight excluding hydrogens is 263 g/mol. The van der Waals surface area contributed by atoms with Gasteiger partial charge in [0.1, 0.15) is 5.82 Å². The van der Waals surface area contributed by atoms with Gasteiger partial charge in [0.05, 0.1) is 16.2 Å². The highest BCUT2D eigenvalue weighted by Gasteiger charge is 2.14. The van der Waals surface area contributed by atoms with Gasteiger partial charge < -0.3 is 10.3 Å². The van der Waals surface area contributed by atoms with Crippen molar-refractivity contribution in [2.75, 3.05) is 5.73 Å². The number of rotatable bonds is 1. The summed E-state index contributed by atoms with van der Waals surface area (Å²) in [4.78, 5) is 0. The summed E-state index contributed by atoms with van der Waals surface area (Å²) in [6.07, 6.45) is 1.46. The molecular formula is C10H8BrFN2O. The van der Waals surface area contributed by atoms with Crippen LogP contribution in [0.2, 0.25) is 0 Å². The average molecular weight is 271 g/mol. The van der Waals surface area contributed by atoms with Crippen molar-refractivity contribution in [3.8, 4) is 11.1 Å². The first-order valence-electron chi connectivity index (χ1n) is 4.26. The van der Waals surface area contributed by atoms with Crippen LogP contribution in [0.1, 0.15) is 5.56 Å². The first-order valence-corrected chi connectivity index (χ1v) is 5.05. The number of hydrogen-bond acceptors (Lipinski definition) is 3. The molecule has 0 unspecified atom stereocenters. The quantitative estimate of drug-likeness (QED) is 0.866. The van der Waals surface area contributed by atoms with Crippen molar-refractivity contribution in [1.29, 1.82) is 0 Å². The van der Waals surface area contributed by atoms with Gasteiger partial charge in [-0.3, -0.25) is 0 Å². The van der Waals surface area contributed by atoms with Crippen molar-refractivity contribution in [3.63, 3.8) is 0 Å². The largest absolute Gasteiger partial charge is 0.367 e. The first-order chi connectivity index (χ1) is 7.11. The predicted octanol–water partition coefficient (Wildman–Crippen LogP) is 3.13. The van der Waals surface area contributed by atoms with E-state index in [9.17, 15) is 4.39 Å². The van der Waals surface area contributed by atoms with E-state index in [0.717, 1.165) is 0 Å². The Labute approximate surface area is 94.2 Å². The molecule has 0 amide bonds. The van der Waals surface area contributed by atoms with E-state index in [1.54, 1.807) is 19.1 Å². The molecule has 2 N–H and O–H groups in total. The van der Waals surface area contributed by atoms with Crippen LogP contribution in [0.3, 0.4) is 0 Å². The van der Waals surface area contributed by atoms with E-state index in [0.29, 0.717) is 21.2 Å². The van der Waals surface area contributed by atoms with Gasteiger partial charge in [-0.2, -0.15) is 0 Å². The molecule has 15 heavy (non-hydrogen) atoms. The van der Waals surface area contributed by atoms with E-state index in [1.807, 2.05) is 0 Å². The van der Waals surface area contributed by atoms with Crippen LogP contribution in [0, 0.1) is 12.7 Å². The number of benzene rings is 1. The maximum Gasteiger partial charge on any atom is 0.229 e. The number of anilines is 1. The normalized spacial score (nSPS) is 10.6. The molecule has 0 fully saturated rings. The molecule has 0 aliphatic rings. The second-order valence-electron chi connectivity index (χ2n) is 3.16. The molecule has 0 radical (unpaired) electrons. The Balaban J connectivity index is 2.65. The highest BCUT2D eigenvalue weighted by Crippen LogP contribution is 2.34. The van der Waals surface area contributed by atoms with E-state index in [4.69, 9.17) is 10.3 Å². The second-order valence-corrected chi connectivity index (χ2v) is 3.95. The lowest BCUT2D eigenvalue weighted by atomic mass is 10.1. The molecule has 2 aromatic rings. The van der Waals surface area contributed by atoms with Crippen LogP contribution >= 0.6 is 15.9 Å². The number of nitrogens with zero attached hydrogens (tertiary/aromatic N) is 1. The highest BCUT2D eigenvalue weighted by atomic mass is 79.9. The molecule has 0 atom stereocenters. The van der Waals surface area contributed by atoms with Gasteiger partial charge in [-0.25, -0.2) is 4.39 Å². The number of aryl methyl sites for hydroxylation is 1. The van der Waals surface area contributed by atoms with E-state index in [2.05, 4.69) is 21.1 Å². The zero-order chi connectivity index (χ0) is 11.0. The summed E-state index contributed by atoms with van der Waals surface area (Å²) in [7, 11) is 0. The summed E-state index contributed by atoms with van der Waals surface area (Å²) in [5.74, 6) is -0.118. The fourth-order valence-corrected chi connectivity index (χ4v) is 1.96. The molecule has 5 heteroatoms. The molecule has 1 heterocycles. The van der Waals surface area contributed by atoms with Gasteiger partial charge in [-0.15, -0.1) is 0 Å². The molecule has 78 valence electrons. The molecule has 1 aromatic carbocycles. The lowest BCUT2D eigenvalue weighted by Crippen LogP contribution is -1.90. The van der Waals surface area contributed by atoms with E-state index in [-0.39, 0.29) is 11.7 Å². The molecule has 0 aliphatic carbocycles. The Morgan fingerprint density at radius 3 is 2.73 bits per heavy atom. The predicted molar refractivity (Wildman–Crippen MR) is 58.7 cm³/mol. The van der Waals surface area contributed by atoms with Gasteiger partial charge in [-0.1, -0.05) is 17.3 Å². The number of halogens is 2. The minimum Gasteiger partial charge on any atom is -0.367 e. The fourth-order valence-electron chi connectivity index (χ4n) is 1.30. The molecule has 0 saturated heterocycles. The topological polar surface area (TPSA) is 52.0 Å². The molecule has 0 spiro atoms. The Morgan fingerprint density at radius 1 is 1.40 bits per heavy atom. The molecule has 0 saturated carbocycles. The molecule has 1 aromatic heterocycles. The van der Waals surface area contributed by atoms with Crippen molar-refractivity contribution < 1.29 is 8.91 Å². The van der Waals surface area contributed by atoms with E-state index < -0.39 is 0 Å². The summed E-state index contributed by atoms with van der Waals surface area (Å²) >= 11 is 3.19. The third kappa shape index (κ3) is 1.63. The van der Waals surface area contributed by atoms with Crippen molar-refractivity contribution in [3.05, 3.63) is 34.2 Å². The maximum absolute atomic E-state index is 13.6. The summed E-state index contributed by atoms with van der Waals surface area (Å²) in [5, 5.41) is 3.55. The van der Waals surface area contributed by atoms with Crippen molar-refractivity contribution >= 4 is 21.8 Å². The van der Waals surface area contributed by atoms with Gasteiger partial charge in [0.2, 0.25) is 5.88 Å². The monoisotopic (exact) mass is 270 g/mol. The molecule has 2 rings (SSSR count). The van der Waals surface area contributed by atoms with Crippen LogP contribution in [-0.4, -0.2) is 5.16 Å². The van der Waals surface area contributed by atoms with Crippen LogP contribution in [0.5, 0.6) is 0 Å². The smallest absolute Gasteiger partial charge is 0.229 e. The third-order valence-electron chi connectivity index (χ3n) is 2.16. The van der Waals surface area contributed by atoms with Gasteiger partial charge >= 0.3 is 0 Å². The lowest BCUT2D eigenvalue weighted by Gasteiger charge is -2.05. The number of aromatic nitrogens is 1.